The number of amides is 1. The predicted molar refractivity (Wildman–Crippen MR) is 33.8 cm³/mol. The highest BCUT2D eigenvalue weighted by Gasteiger charge is 1.93. The standard InChI is InChI=1S/C5H5NOS/c7-5-6-3-1-2-4-8-6/h1-5H. The Morgan fingerprint density at radius 3 is 2.75 bits per heavy atom. The summed E-state index contributed by atoms with van der Waals surface area (Å²) in [7, 11) is 0. The molecule has 0 bridgehead atoms. The molecule has 0 aromatic rings. The molecule has 8 heavy (non-hydrogen) atoms. The van der Waals surface area contributed by atoms with Crippen LogP contribution in [0.3, 0.4) is 0 Å². The topological polar surface area (TPSA) is 20.3 Å². The van der Waals surface area contributed by atoms with Gasteiger partial charge in [0, 0.05) is 6.20 Å². The summed E-state index contributed by atoms with van der Waals surface area (Å²) in [5.41, 5.74) is 0. The lowest BCUT2D eigenvalue weighted by Crippen LogP contribution is -2.03. The van der Waals surface area contributed by atoms with Gasteiger partial charge in [0.2, 0.25) is 6.41 Å². The summed E-state index contributed by atoms with van der Waals surface area (Å²) in [6, 6.07) is 0. The quantitative estimate of drug-likeness (QED) is 0.389. The molecule has 0 aromatic carbocycles. The van der Waals surface area contributed by atoms with Gasteiger partial charge < -0.3 is 0 Å². The Morgan fingerprint density at radius 1 is 1.50 bits per heavy atom. The highest BCUT2D eigenvalue weighted by atomic mass is 32.2. The van der Waals surface area contributed by atoms with Crippen molar-refractivity contribution in [2.75, 3.05) is 0 Å². The molecule has 0 aliphatic carbocycles. The maximum absolute atomic E-state index is 9.98. The molecule has 0 saturated carbocycles. The van der Waals surface area contributed by atoms with Crippen LogP contribution in [0.5, 0.6) is 0 Å². The van der Waals surface area contributed by atoms with Crippen LogP contribution in [0.4, 0.5) is 0 Å². The first-order chi connectivity index (χ1) is 3.93. The highest BCUT2D eigenvalue weighted by Crippen LogP contribution is 2.12. The third-order valence-electron chi connectivity index (χ3n) is 0.709. The van der Waals surface area contributed by atoms with Crippen molar-refractivity contribution >= 4 is 18.4 Å². The second-order valence-corrected chi connectivity index (χ2v) is 2.15. The summed E-state index contributed by atoms with van der Waals surface area (Å²) in [5.74, 6) is 0. The Kier molecular flexibility index (Phi) is 1.75. The van der Waals surface area contributed by atoms with Gasteiger partial charge in [0.15, 0.2) is 0 Å². The Hall–Kier alpha value is -0.700. The summed E-state index contributed by atoms with van der Waals surface area (Å²) in [6.45, 7) is 0. The number of carbonyl (C=O) groups excluding carboxylic acids is 1. The van der Waals surface area contributed by atoms with Crippen LogP contribution in [-0.4, -0.2) is 10.7 Å². The van der Waals surface area contributed by atoms with Gasteiger partial charge in [0.1, 0.15) is 0 Å². The number of allylic oxidation sites excluding steroid dienone is 2. The summed E-state index contributed by atoms with van der Waals surface area (Å²) in [4.78, 5) is 9.98. The van der Waals surface area contributed by atoms with Gasteiger partial charge in [0.05, 0.1) is 0 Å². The van der Waals surface area contributed by atoms with Crippen molar-refractivity contribution in [1.82, 2.24) is 4.31 Å². The molecule has 0 fully saturated rings. The first-order valence-corrected chi connectivity index (χ1v) is 3.01. The maximum atomic E-state index is 9.98. The van der Waals surface area contributed by atoms with Crippen molar-refractivity contribution in [1.29, 1.82) is 0 Å². The van der Waals surface area contributed by atoms with E-state index in [0.717, 1.165) is 6.41 Å². The van der Waals surface area contributed by atoms with E-state index >= 15 is 0 Å². The van der Waals surface area contributed by atoms with Crippen molar-refractivity contribution in [2.24, 2.45) is 0 Å². The van der Waals surface area contributed by atoms with Crippen LogP contribution in [0, 0.1) is 0 Å². The number of hydrogen-bond donors (Lipinski definition) is 0. The zero-order valence-corrected chi connectivity index (χ0v) is 4.97. The van der Waals surface area contributed by atoms with Crippen molar-refractivity contribution < 1.29 is 4.79 Å². The van der Waals surface area contributed by atoms with Crippen LogP contribution < -0.4 is 0 Å². The van der Waals surface area contributed by atoms with Gasteiger partial charge in [-0.3, -0.25) is 9.10 Å². The van der Waals surface area contributed by atoms with Crippen LogP contribution in [-0.2, 0) is 4.79 Å². The number of rotatable bonds is 1. The van der Waals surface area contributed by atoms with Crippen LogP contribution in [0.25, 0.3) is 0 Å². The fourth-order valence-electron chi connectivity index (χ4n) is 0.380. The first-order valence-electron chi connectivity index (χ1n) is 2.17. The average molecular weight is 127 g/mol. The molecule has 1 aliphatic rings. The van der Waals surface area contributed by atoms with Gasteiger partial charge in [-0.2, -0.15) is 0 Å². The maximum Gasteiger partial charge on any atom is 0.223 e. The zero-order chi connectivity index (χ0) is 5.82. The molecule has 0 saturated heterocycles. The Balaban J connectivity index is 2.51. The molecule has 42 valence electrons. The van der Waals surface area contributed by atoms with E-state index in [-0.39, 0.29) is 0 Å². The van der Waals surface area contributed by atoms with E-state index in [2.05, 4.69) is 0 Å². The molecule has 1 rings (SSSR count). The normalized spacial score (nSPS) is 16.8. The molecule has 1 amide bonds. The SMILES string of the molecule is O=CN1C=CC=CS1. The largest absolute Gasteiger partial charge is 0.277 e. The molecule has 0 spiro atoms. The molecule has 0 radical (unpaired) electrons. The highest BCUT2D eigenvalue weighted by molar-refractivity contribution is 8.00. The lowest BCUT2D eigenvalue weighted by atomic mass is 10.6. The minimum absolute atomic E-state index is 0.769. The predicted octanol–water partition coefficient (Wildman–Crippen LogP) is 1.13. The van der Waals surface area contributed by atoms with Crippen molar-refractivity contribution in [3.05, 3.63) is 23.8 Å². The van der Waals surface area contributed by atoms with Crippen molar-refractivity contribution in [2.45, 2.75) is 0 Å². The van der Waals surface area contributed by atoms with Crippen LogP contribution >= 0.6 is 11.9 Å². The fourth-order valence-corrected chi connectivity index (χ4v) is 0.872. The van der Waals surface area contributed by atoms with E-state index in [1.165, 1.54) is 16.3 Å². The monoisotopic (exact) mass is 127 g/mol. The molecule has 0 N–H and O–H groups in total. The van der Waals surface area contributed by atoms with Gasteiger partial charge in [0.25, 0.3) is 0 Å². The van der Waals surface area contributed by atoms with Gasteiger partial charge in [-0.1, -0.05) is 6.08 Å². The first kappa shape index (κ1) is 5.44. The summed E-state index contributed by atoms with van der Waals surface area (Å²) >= 11 is 1.36. The molecular weight excluding hydrogens is 122 g/mol. The number of hydrogen-bond acceptors (Lipinski definition) is 2. The molecule has 0 atom stereocenters. The van der Waals surface area contributed by atoms with Gasteiger partial charge in [-0.15, -0.1) is 0 Å². The van der Waals surface area contributed by atoms with Crippen molar-refractivity contribution in [3.8, 4) is 0 Å². The third-order valence-corrected chi connectivity index (χ3v) is 1.44. The molecule has 3 heteroatoms. The van der Waals surface area contributed by atoms with E-state index in [4.69, 9.17) is 0 Å². The second-order valence-electron chi connectivity index (χ2n) is 1.24. The average Bonchev–Trinajstić information content (AvgIpc) is 1.90. The number of nitrogens with zero attached hydrogens (tertiary/aromatic N) is 1. The minimum Gasteiger partial charge on any atom is -0.277 e. The summed E-state index contributed by atoms with van der Waals surface area (Å²) in [5, 5.41) is 1.84. The van der Waals surface area contributed by atoms with Gasteiger partial charge in [-0.25, -0.2) is 0 Å². The smallest absolute Gasteiger partial charge is 0.223 e. The van der Waals surface area contributed by atoms with E-state index in [1.807, 2.05) is 17.6 Å². The summed E-state index contributed by atoms with van der Waals surface area (Å²) < 4.78 is 1.49. The van der Waals surface area contributed by atoms with Crippen molar-refractivity contribution in [3.63, 3.8) is 0 Å². The molecule has 2 nitrogen and oxygen atoms in total. The van der Waals surface area contributed by atoms with E-state index < -0.39 is 0 Å². The summed E-state index contributed by atoms with van der Waals surface area (Å²) in [6.07, 6.45) is 6.16. The Morgan fingerprint density at radius 2 is 2.38 bits per heavy atom. The van der Waals surface area contributed by atoms with Gasteiger partial charge in [-0.05, 0) is 23.4 Å². The fraction of sp³-hybridized carbons (Fsp3) is 0. The molecule has 0 unspecified atom stereocenters. The van der Waals surface area contributed by atoms with E-state index in [9.17, 15) is 4.79 Å². The molecule has 1 heterocycles. The van der Waals surface area contributed by atoms with Gasteiger partial charge >= 0.3 is 0 Å². The zero-order valence-electron chi connectivity index (χ0n) is 4.15. The van der Waals surface area contributed by atoms with Crippen LogP contribution in [0.15, 0.2) is 23.8 Å². The molecule has 1 aliphatic heterocycles. The third kappa shape index (κ3) is 1.13. The Bertz CT molecular complexity index is 141. The second kappa shape index (κ2) is 2.57. The van der Waals surface area contributed by atoms with E-state index in [1.54, 1.807) is 6.20 Å². The van der Waals surface area contributed by atoms with Crippen LogP contribution in [0.1, 0.15) is 0 Å². The minimum atomic E-state index is 0.769. The van der Waals surface area contributed by atoms with E-state index in [0.29, 0.717) is 0 Å². The molecular formula is C5H5NOS. The van der Waals surface area contributed by atoms with Crippen LogP contribution in [0.2, 0.25) is 0 Å². The number of carbonyl (C=O) groups is 1. The molecule has 0 aromatic heterocycles. The lowest BCUT2D eigenvalue weighted by molar-refractivity contribution is -0.112. The lowest BCUT2D eigenvalue weighted by Gasteiger charge is -2.07. The Labute approximate surface area is 52.0 Å².